The van der Waals surface area contributed by atoms with Crippen LogP contribution in [0.15, 0.2) is 24.3 Å². The molecule has 0 aromatic heterocycles. The number of quaternary nitrogens is 1. The molecule has 0 aliphatic carbocycles. The van der Waals surface area contributed by atoms with Gasteiger partial charge < -0.3 is 19.2 Å². The molecule has 2 atom stereocenters. The number of unbranched alkanes of at least 4 members (excludes halogenated alkanes) is 11. The average Bonchev–Trinajstić information content (AvgIpc) is 2.81. The zero-order valence-corrected chi connectivity index (χ0v) is 24.2. The van der Waals surface area contributed by atoms with Crippen molar-refractivity contribution in [2.75, 3.05) is 47.5 Å². The van der Waals surface area contributed by atoms with Crippen molar-refractivity contribution in [3.8, 4) is 5.75 Å². The van der Waals surface area contributed by atoms with Gasteiger partial charge in [-0.2, -0.15) is 0 Å². The first-order valence-corrected chi connectivity index (χ1v) is 15.4. The van der Waals surface area contributed by atoms with Gasteiger partial charge in [-0.15, -0.1) is 0 Å². The highest BCUT2D eigenvalue weighted by Gasteiger charge is 2.24. The minimum Gasteiger partial charge on any atom is -0.494 e. The quantitative estimate of drug-likeness (QED) is 0.0953. The Morgan fingerprint density at radius 2 is 1.33 bits per heavy atom. The SMILES string of the molecule is CCCCCCCCCCCCCCOc1ccc(CC(O)COP(=O)(O)OCC[N+](C)(C)C)cc1. The fourth-order valence-electron chi connectivity index (χ4n) is 3.83. The monoisotopic (exact) mass is 530 g/mol. The van der Waals surface area contributed by atoms with Crippen molar-refractivity contribution < 1.29 is 32.8 Å². The van der Waals surface area contributed by atoms with Crippen LogP contribution >= 0.6 is 7.82 Å². The van der Waals surface area contributed by atoms with E-state index in [2.05, 4.69) is 6.92 Å². The molecule has 1 rings (SSSR count). The molecule has 0 heterocycles. The van der Waals surface area contributed by atoms with Gasteiger partial charge in [-0.25, -0.2) is 4.57 Å². The Balaban J connectivity index is 2.09. The number of nitrogens with zero attached hydrogens (tertiary/aromatic N) is 1. The van der Waals surface area contributed by atoms with E-state index in [9.17, 15) is 14.6 Å². The lowest BCUT2D eigenvalue weighted by atomic mass is 10.1. The van der Waals surface area contributed by atoms with Crippen LogP contribution in [0.25, 0.3) is 0 Å². The Kier molecular flexibility index (Phi) is 17.6. The fraction of sp³-hybridized carbons (Fsp3) is 0.786. The van der Waals surface area contributed by atoms with Crippen LogP contribution in [0.3, 0.4) is 0 Å². The molecular formula is C28H53NO6P+. The predicted molar refractivity (Wildman–Crippen MR) is 147 cm³/mol. The van der Waals surface area contributed by atoms with Crippen LogP contribution in [0.1, 0.15) is 89.5 Å². The highest BCUT2D eigenvalue weighted by atomic mass is 31.2. The molecule has 0 aliphatic rings. The summed E-state index contributed by atoms with van der Waals surface area (Å²) in [5, 5.41) is 10.2. The van der Waals surface area contributed by atoms with Crippen molar-refractivity contribution in [1.29, 1.82) is 0 Å². The first-order valence-electron chi connectivity index (χ1n) is 13.9. The van der Waals surface area contributed by atoms with E-state index in [0.717, 1.165) is 17.7 Å². The molecule has 0 saturated heterocycles. The molecule has 36 heavy (non-hydrogen) atoms. The number of hydrogen-bond donors (Lipinski definition) is 2. The maximum Gasteiger partial charge on any atom is 0.472 e. The normalized spacial score (nSPS) is 14.5. The molecule has 2 N–H and O–H groups in total. The summed E-state index contributed by atoms with van der Waals surface area (Å²) in [6, 6.07) is 7.59. The second-order valence-corrected chi connectivity index (χ2v) is 12.3. The van der Waals surface area contributed by atoms with Gasteiger partial charge in [-0.1, -0.05) is 89.7 Å². The van der Waals surface area contributed by atoms with E-state index in [4.69, 9.17) is 13.8 Å². The van der Waals surface area contributed by atoms with E-state index < -0.39 is 13.9 Å². The van der Waals surface area contributed by atoms with Crippen molar-refractivity contribution in [3.63, 3.8) is 0 Å². The summed E-state index contributed by atoms with van der Waals surface area (Å²) in [4.78, 5) is 9.76. The van der Waals surface area contributed by atoms with Gasteiger partial charge in [0.1, 0.15) is 18.9 Å². The summed E-state index contributed by atoms with van der Waals surface area (Å²) in [5.41, 5.74) is 0.905. The molecule has 2 unspecified atom stereocenters. The number of phosphoric ester groups is 1. The van der Waals surface area contributed by atoms with Crippen molar-refractivity contribution in [1.82, 2.24) is 0 Å². The van der Waals surface area contributed by atoms with Crippen LogP contribution in [-0.4, -0.2) is 68.1 Å². The summed E-state index contributed by atoms with van der Waals surface area (Å²) >= 11 is 0. The molecule has 1 aromatic carbocycles. The van der Waals surface area contributed by atoms with Gasteiger partial charge in [0, 0.05) is 6.42 Å². The Bertz CT molecular complexity index is 707. The van der Waals surface area contributed by atoms with Gasteiger partial charge in [0.2, 0.25) is 0 Å². The second-order valence-electron chi connectivity index (χ2n) is 10.9. The molecule has 7 nitrogen and oxygen atoms in total. The zero-order valence-electron chi connectivity index (χ0n) is 23.3. The summed E-state index contributed by atoms with van der Waals surface area (Å²) in [5.74, 6) is 0.818. The molecular weight excluding hydrogens is 477 g/mol. The lowest BCUT2D eigenvalue weighted by Crippen LogP contribution is -2.37. The summed E-state index contributed by atoms with van der Waals surface area (Å²) in [7, 11) is 1.72. The Morgan fingerprint density at radius 3 is 1.86 bits per heavy atom. The smallest absolute Gasteiger partial charge is 0.472 e. The minimum absolute atomic E-state index is 0.105. The highest BCUT2D eigenvalue weighted by Crippen LogP contribution is 2.43. The second kappa shape index (κ2) is 19.2. The summed E-state index contributed by atoms with van der Waals surface area (Å²) in [6.45, 7) is 3.39. The van der Waals surface area contributed by atoms with E-state index in [0.29, 0.717) is 24.1 Å². The largest absolute Gasteiger partial charge is 0.494 e. The topological polar surface area (TPSA) is 85.2 Å². The summed E-state index contributed by atoms with van der Waals surface area (Å²) in [6.07, 6.45) is 15.3. The first-order chi connectivity index (χ1) is 17.1. The van der Waals surface area contributed by atoms with Crippen LogP contribution < -0.4 is 4.74 Å². The zero-order chi connectivity index (χ0) is 26.7. The first kappa shape index (κ1) is 33.1. The van der Waals surface area contributed by atoms with Gasteiger partial charge in [0.25, 0.3) is 0 Å². The van der Waals surface area contributed by atoms with Gasteiger partial charge in [-0.3, -0.25) is 9.05 Å². The molecule has 0 amide bonds. The standard InChI is InChI=1S/C28H52NO6P/c1-5-6-7-8-9-10-11-12-13-14-15-16-22-33-28-19-17-26(18-20-28)24-27(30)25-35-36(31,32)34-23-21-29(2,3)4/h17-20,27,30H,5-16,21-25H2,1-4H3/p+1. The highest BCUT2D eigenvalue weighted by molar-refractivity contribution is 7.47. The molecule has 0 radical (unpaired) electrons. The lowest BCUT2D eigenvalue weighted by Gasteiger charge is -2.24. The number of benzene rings is 1. The number of phosphoric acid groups is 1. The van der Waals surface area contributed by atoms with Crippen LogP contribution in [0.4, 0.5) is 0 Å². The van der Waals surface area contributed by atoms with Crippen molar-refractivity contribution in [3.05, 3.63) is 29.8 Å². The number of ether oxygens (including phenoxy) is 1. The predicted octanol–water partition coefficient (Wildman–Crippen LogP) is 6.51. The lowest BCUT2D eigenvalue weighted by molar-refractivity contribution is -0.870. The number of rotatable bonds is 23. The third kappa shape index (κ3) is 19.2. The Morgan fingerprint density at radius 1 is 0.806 bits per heavy atom. The molecule has 210 valence electrons. The van der Waals surface area contributed by atoms with Gasteiger partial charge in [0.05, 0.1) is 40.5 Å². The van der Waals surface area contributed by atoms with Crippen molar-refractivity contribution in [2.45, 2.75) is 96.5 Å². The third-order valence-corrected chi connectivity index (χ3v) is 7.09. The molecule has 8 heteroatoms. The maximum atomic E-state index is 11.9. The number of likely N-dealkylation sites (N-methyl/N-ethyl adjacent to an activating group) is 1. The summed E-state index contributed by atoms with van der Waals surface area (Å²) < 4.78 is 28.3. The molecule has 0 fully saturated rings. The fourth-order valence-corrected chi connectivity index (χ4v) is 4.58. The maximum absolute atomic E-state index is 11.9. The molecule has 0 aliphatic heterocycles. The van der Waals surface area contributed by atoms with Gasteiger partial charge >= 0.3 is 7.82 Å². The van der Waals surface area contributed by atoms with E-state index in [-0.39, 0.29) is 13.2 Å². The minimum atomic E-state index is -4.17. The Labute approximate surface area is 220 Å². The number of aliphatic hydroxyl groups excluding tert-OH is 1. The van der Waals surface area contributed by atoms with E-state index in [1.807, 2.05) is 45.4 Å². The number of aliphatic hydroxyl groups is 1. The van der Waals surface area contributed by atoms with E-state index >= 15 is 0 Å². The van der Waals surface area contributed by atoms with E-state index in [1.54, 1.807) is 0 Å². The average molecular weight is 531 g/mol. The third-order valence-electron chi connectivity index (χ3n) is 6.11. The van der Waals surface area contributed by atoms with Crippen LogP contribution in [0.5, 0.6) is 5.75 Å². The van der Waals surface area contributed by atoms with E-state index in [1.165, 1.54) is 70.6 Å². The van der Waals surface area contributed by atoms with Crippen LogP contribution in [-0.2, 0) is 20.0 Å². The van der Waals surface area contributed by atoms with Crippen LogP contribution in [0, 0.1) is 0 Å². The molecule has 0 saturated carbocycles. The van der Waals surface area contributed by atoms with Crippen LogP contribution in [0.2, 0.25) is 0 Å². The van der Waals surface area contributed by atoms with Gasteiger partial charge in [-0.05, 0) is 24.1 Å². The van der Waals surface area contributed by atoms with Crippen molar-refractivity contribution in [2.24, 2.45) is 0 Å². The Hall–Kier alpha value is -0.950. The van der Waals surface area contributed by atoms with Crippen molar-refractivity contribution >= 4 is 7.82 Å². The molecule has 0 spiro atoms. The number of hydrogen-bond acceptors (Lipinski definition) is 5. The molecule has 1 aromatic rings. The molecule has 0 bridgehead atoms. The van der Waals surface area contributed by atoms with Gasteiger partial charge in [0.15, 0.2) is 0 Å².